The van der Waals surface area contributed by atoms with Gasteiger partial charge in [0.2, 0.25) is 0 Å². The van der Waals surface area contributed by atoms with Crippen LogP contribution in [-0.4, -0.2) is 25.5 Å². The molecule has 1 aromatic heterocycles. The van der Waals surface area contributed by atoms with E-state index >= 15 is 0 Å². The van der Waals surface area contributed by atoms with E-state index in [0.717, 1.165) is 6.54 Å². The molecule has 1 aliphatic carbocycles. The maximum atomic E-state index is 2.36. The zero-order chi connectivity index (χ0) is 9.26. The van der Waals surface area contributed by atoms with Gasteiger partial charge in [0, 0.05) is 11.4 Å². The number of hydrogen-bond donors (Lipinski definition) is 0. The zero-order valence-corrected chi connectivity index (χ0v) is 9.03. The topological polar surface area (TPSA) is 3.24 Å². The highest BCUT2D eigenvalue weighted by Crippen LogP contribution is 2.35. The first-order chi connectivity index (χ1) is 6.27. The number of allylic oxidation sites excluding steroid dienone is 1. The van der Waals surface area contributed by atoms with Gasteiger partial charge in [0.15, 0.2) is 0 Å². The van der Waals surface area contributed by atoms with Crippen molar-refractivity contribution in [3.8, 4) is 0 Å². The highest BCUT2D eigenvalue weighted by molar-refractivity contribution is 7.10. The summed E-state index contributed by atoms with van der Waals surface area (Å²) in [6, 6.07) is 2.26. The van der Waals surface area contributed by atoms with Gasteiger partial charge in [0.25, 0.3) is 0 Å². The molecule has 0 N–H and O–H groups in total. The minimum Gasteiger partial charge on any atom is -0.306 e. The number of aryl methyl sites for hydroxylation is 1. The summed E-state index contributed by atoms with van der Waals surface area (Å²) in [4.78, 5) is 3.78. The van der Waals surface area contributed by atoms with Gasteiger partial charge in [0.1, 0.15) is 0 Å². The number of rotatable bonds is 2. The summed E-state index contributed by atoms with van der Waals surface area (Å²) in [7, 11) is 4.22. The molecule has 0 fully saturated rings. The van der Waals surface area contributed by atoms with Crippen LogP contribution in [-0.2, 0) is 6.42 Å². The molecule has 1 aromatic rings. The van der Waals surface area contributed by atoms with E-state index in [1.165, 1.54) is 18.4 Å². The van der Waals surface area contributed by atoms with Gasteiger partial charge in [-0.15, -0.1) is 11.3 Å². The molecule has 1 heterocycles. The summed E-state index contributed by atoms with van der Waals surface area (Å²) < 4.78 is 0. The zero-order valence-electron chi connectivity index (χ0n) is 8.21. The summed E-state index contributed by atoms with van der Waals surface area (Å²) in [5, 5.41) is 2.20. The Bertz CT molecular complexity index is 323. The molecule has 0 atom stereocenters. The molecule has 0 unspecified atom stereocenters. The van der Waals surface area contributed by atoms with Crippen molar-refractivity contribution in [3.05, 3.63) is 28.0 Å². The number of thiophene rings is 1. The number of fused-ring (bicyclic) bond motifs is 1. The van der Waals surface area contributed by atoms with Crippen LogP contribution in [0.1, 0.15) is 16.9 Å². The van der Waals surface area contributed by atoms with E-state index in [9.17, 15) is 0 Å². The van der Waals surface area contributed by atoms with E-state index in [4.69, 9.17) is 0 Å². The number of hydrogen-bond acceptors (Lipinski definition) is 2. The first-order valence-electron chi connectivity index (χ1n) is 4.68. The van der Waals surface area contributed by atoms with E-state index < -0.39 is 0 Å². The van der Waals surface area contributed by atoms with Crippen molar-refractivity contribution in [2.24, 2.45) is 0 Å². The Morgan fingerprint density at radius 3 is 3.08 bits per heavy atom. The SMILES string of the molecule is CN(C)C/C=C1\CCc2sccc21. The first kappa shape index (κ1) is 8.97. The normalized spacial score (nSPS) is 18.5. The van der Waals surface area contributed by atoms with Crippen LogP contribution < -0.4 is 0 Å². The molecule has 0 aromatic carbocycles. The van der Waals surface area contributed by atoms with Crippen LogP contribution in [0.15, 0.2) is 17.5 Å². The monoisotopic (exact) mass is 193 g/mol. The van der Waals surface area contributed by atoms with Crippen molar-refractivity contribution in [3.63, 3.8) is 0 Å². The smallest absolute Gasteiger partial charge is 0.0163 e. The second-order valence-electron chi connectivity index (χ2n) is 3.75. The van der Waals surface area contributed by atoms with Crippen molar-refractivity contribution in [1.29, 1.82) is 0 Å². The maximum Gasteiger partial charge on any atom is 0.0163 e. The summed E-state index contributed by atoms with van der Waals surface area (Å²) in [5.74, 6) is 0. The lowest BCUT2D eigenvalue weighted by Gasteiger charge is -2.05. The maximum absolute atomic E-state index is 2.36. The number of nitrogens with zero attached hydrogens (tertiary/aromatic N) is 1. The Hall–Kier alpha value is -0.600. The van der Waals surface area contributed by atoms with E-state index in [2.05, 4.69) is 36.5 Å². The van der Waals surface area contributed by atoms with Gasteiger partial charge in [-0.2, -0.15) is 0 Å². The minimum absolute atomic E-state index is 1.06. The molecule has 0 amide bonds. The average Bonchev–Trinajstić information content (AvgIpc) is 2.60. The predicted molar refractivity (Wildman–Crippen MR) is 59.2 cm³/mol. The third-order valence-corrected chi connectivity index (χ3v) is 3.40. The largest absolute Gasteiger partial charge is 0.306 e. The van der Waals surface area contributed by atoms with E-state index in [1.807, 2.05) is 11.3 Å². The van der Waals surface area contributed by atoms with Gasteiger partial charge < -0.3 is 4.90 Å². The highest BCUT2D eigenvalue weighted by Gasteiger charge is 2.16. The van der Waals surface area contributed by atoms with Gasteiger partial charge in [-0.05, 0) is 49.5 Å². The Morgan fingerprint density at radius 2 is 2.31 bits per heavy atom. The number of likely N-dealkylation sites (N-methyl/N-ethyl adjacent to an activating group) is 1. The van der Waals surface area contributed by atoms with Crippen LogP contribution in [0.5, 0.6) is 0 Å². The molecular formula is C11H15NS. The molecule has 0 saturated carbocycles. The lowest BCUT2D eigenvalue weighted by molar-refractivity contribution is 0.456. The molecule has 0 aliphatic heterocycles. The second kappa shape index (κ2) is 3.64. The second-order valence-corrected chi connectivity index (χ2v) is 4.75. The van der Waals surface area contributed by atoms with Crippen molar-refractivity contribution in [1.82, 2.24) is 4.90 Å². The predicted octanol–water partition coefficient (Wildman–Crippen LogP) is 2.64. The molecule has 1 aliphatic rings. The minimum atomic E-state index is 1.06. The Kier molecular flexibility index (Phi) is 2.51. The third kappa shape index (κ3) is 1.84. The molecule has 0 bridgehead atoms. The fourth-order valence-corrected chi connectivity index (χ4v) is 2.62. The lowest BCUT2D eigenvalue weighted by atomic mass is 10.1. The van der Waals surface area contributed by atoms with Gasteiger partial charge in [-0.3, -0.25) is 0 Å². The van der Waals surface area contributed by atoms with Gasteiger partial charge in [-0.1, -0.05) is 6.08 Å². The summed E-state index contributed by atoms with van der Waals surface area (Å²) in [6.45, 7) is 1.06. The fraction of sp³-hybridized carbons (Fsp3) is 0.455. The van der Waals surface area contributed by atoms with Crippen LogP contribution >= 0.6 is 11.3 Å². The summed E-state index contributed by atoms with van der Waals surface area (Å²) >= 11 is 1.90. The van der Waals surface area contributed by atoms with Gasteiger partial charge in [-0.25, -0.2) is 0 Å². The highest BCUT2D eigenvalue weighted by atomic mass is 32.1. The van der Waals surface area contributed by atoms with Crippen molar-refractivity contribution in [2.75, 3.05) is 20.6 Å². The fourth-order valence-electron chi connectivity index (χ4n) is 1.71. The van der Waals surface area contributed by atoms with Crippen LogP contribution in [0.3, 0.4) is 0 Å². The van der Waals surface area contributed by atoms with Crippen molar-refractivity contribution in [2.45, 2.75) is 12.8 Å². The van der Waals surface area contributed by atoms with Gasteiger partial charge >= 0.3 is 0 Å². The molecule has 70 valence electrons. The molecule has 1 nitrogen and oxygen atoms in total. The summed E-state index contributed by atoms with van der Waals surface area (Å²) in [5.41, 5.74) is 3.05. The molecule has 13 heavy (non-hydrogen) atoms. The van der Waals surface area contributed by atoms with Crippen molar-refractivity contribution < 1.29 is 0 Å². The van der Waals surface area contributed by atoms with Crippen LogP contribution in [0.2, 0.25) is 0 Å². The standard InChI is InChI=1S/C11H15NS/c1-12(2)7-5-9-3-4-11-10(9)6-8-13-11/h5-6,8H,3-4,7H2,1-2H3/b9-5+. The molecule has 0 saturated heterocycles. The Morgan fingerprint density at radius 1 is 1.46 bits per heavy atom. The van der Waals surface area contributed by atoms with Crippen molar-refractivity contribution >= 4 is 16.9 Å². The van der Waals surface area contributed by atoms with E-state index in [1.54, 1.807) is 10.5 Å². The van der Waals surface area contributed by atoms with E-state index in [0.29, 0.717) is 0 Å². The molecule has 2 rings (SSSR count). The van der Waals surface area contributed by atoms with Crippen LogP contribution in [0.4, 0.5) is 0 Å². The molecular weight excluding hydrogens is 178 g/mol. The van der Waals surface area contributed by atoms with Gasteiger partial charge in [0.05, 0.1) is 0 Å². The quantitative estimate of drug-likeness (QED) is 0.698. The first-order valence-corrected chi connectivity index (χ1v) is 5.56. The van der Waals surface area contributed by atoms with Crippen LogP contribution in [0.25, 0.3) is 5.57 Å². The summed E-state index contributed by atoms with van der Waals surface area (Å²) in [6.07, 6.45) is 4.86. The molecule has 2 heteroatoms. The Balaban J connectivity index is 2.16. The van der Waals surface area contributed by atoms with E-state index in [-0.39, 0.29) is 0 Å². The van der Waals surface area contributed by atoms with Crippen LogP contribution in [0, 0.1) is 0 Å². The average molecular weight is 193 g/mol. The lowest BCUT2D eigenvalue weighted by Crippen LogP contribution is -2.10. The molecule has 0 spiro atoms. The third-order valence-electron chi connectivity index (χ3n) is 2.42. The molecule has 0 radical (unpaired) electrons. The Labute approximate surface area is 83.7 Å².